The number of nitrogens with one attached hydrogen (secondary N) is 1. The van der Waals surface area contributed by atoms with Gasteiger partial charge in [0.2, 0.25) is 0 Å². The van der Waals surface area contributed by atoms with Crippen LogP contribution in [-0.2, 0) is 0 Å². The third-order valence-corrected chi connectivity index (χ3v) is 3.15. The normalized spacial score (nSPS) is 29.8. The van der Waals surface area contributed by atoms with Crippen LogP contribution in [-0.4, -0.2) is 36.6 Å². The smallest absolute Gasteiger partial charge is 0.0107 e. The van der Waals surface area contributed by atoms with Gasteiger partial charge in [0.1, 0.15) is 0 Å². The van der Waals surface area contributed by atoms with E-state index in [0.29, 0.717) is 0 Å². The topological polar surface area (TPSA) is 15.3 Å². The van der Waals surface area contributed by atoms with Gasteiger partial charge < -0.3 is 10.2 Å². The standard InChI is InChI=1S/C12H26N2/c1-10-8-14(9-11(10)2)7-6-13-12(3,4)5/h10-11,13H,6-9H2,1-5H3. The minimum atomic E-state index is 0.261. The summed E-state index contributed by atoms with van der Waals surface area (Å²) in [4.78, 5) is 2.58. The van der Waals surface area contributed by atoms with Crippen LogP contribution in [0.3, 0.4) is 0 Å². The monoisotopic (exact) mass is 198 g/mol. The van der Waals surface area contributed by atoms with Gasteiger partial charge in [0.05, 0.1) is 0 Å². The van der Waals surface area contributed by atoms with Gasteiger partial charge >= 0.3 is 0 Å². The molecule has 0 aromatic rings. The summed E-state index contributed by atoms with van der Waals surface area (Å²) >= 11 is 0. The van der Waals surface area contributed by atoms with Crippen molar-refractivity contribution in [3.05, 3.63) is 0 Å². The lowest BCUT2D eigenvalue weighted by Crippen LogP contribution is -2.41. The zero-order valence-electron chi connectivity index (χ0n) is 10.4. The maximum atomic E-state index is 3.54. The molecule has 1 fully saturated rings. The molecular formula is C12H26N2. The molecule has 1 saturated heterocycles. The maximum absolute atomic E-state index is 3.54. The van der Waals surface area contributed by atoms with E-state index in [0.717, 1.165) is 18.4 Å². The van der Waals surface area contributed by atoms with Gasteiger partial charge in [-0.15, -0.1) is 0 Å². The van der Waals surface area contributed by atoms with E-state index in [1.807, 2.05) is 0 Å². The molecule has 1 aliphatic heterocycles. The third-order valence-electron chi connectivity index (χ3n) is 3.15. The van der Waals surface area contributed by atoms with Crippen molar-refractivity contribution in [1.29, 1.82) is 0 Å². The van der Waals surface area contributed by atoms with Gasteiger partial charge in [0.25, 0.3) is 0 Å². The van der Waals surface area contributed by atoms with Gasteiger partial charge in [-0.1, -0.05) is 13.8 Å². The Morgan fingerprint density at radius 3 is 2.07 bits per heavy atom. The minimum absolute atomic E-state index is 0.261. The van der Waals surface area contributed by atoms with E-state index in [9.17, 15) is 0 Å². The zero-order chi connectivity index (χ0) is 10.8. The molecule has 0 saturated carbocycles. The Kier molecular flexibility index (Phi) is 3.96. The van der Waals surface area contributed by atoms with Crippen LogP contribution in [0.1, 0.15) is 34.6 Å². The first-order chi connectivity index (χ1) is 6.38. The maximum Gasteiger partial charge on any atom is 0.0107 e. The summed E-state index contributed by atoms with van der Waals surface area (Å²) in [6.45, 7) is 16.3. The van der Waals surface area contributed by atoms with Crippen LogP contribution in [0.25, 0.3) is 0 Å². The summed E-state index contributed by atoms with van der Waals surface area (Å²) in [5, 5.41) is 3.54. The summed E-state index contributed by atoms with van der Waals surface area (Å²) in [6.07, 6.45) is 0. The van der Waals surface area contributed by atoms with Crippen LogP contribution < -0.4 is 5.32 Å². The van der Waals surface area contributed by atoms with E-state index in [2.05, 4.69) is 44.8 Å². The molecule has 0 radical (unpaired) electrons. The van der Waals surface area contributed by atoms with Crippen LogP contribution >= 0.6 is 0 Å². The molecule has 2 atom stereocenters. The lowest BCUT2D eigenvalue weighted by Gasteiger charge is -2.23. The average molecular weight is 198 g/mol. The summed E-state index contributed by atoms with van der Waals surface area (Å²) in [5.41, 5.74) is 0.261. The minimum Gasteiger partial charge on any atom is -0.311 e. The van der Waals surface area contributed by atoms with Crippen molar-refractivity contribution >= 4 is 0 Å². The highest BCUT2D eigenvalue weighted by molar-refractivity contribution is 4.79. The predicted octanol–water partition coefficient (Wildman–Crippen LogP) is 1.96. The molecule has 0 aromatic heterocycles. The SMILES string of the molecule is CC1CN(CCNC(C)(C)C)CC1C. The molecule has 2 heteroatoms. The molecule has 0 bridgehead atoms. The number of nitrogens with zero attached hydrogens (tertiary/aromatic N) is 1. The van der Waals surface area contributed by atoms with Gasteiger partial charge in [-0.25, -0.2) is 0 Å². The number of likely N-dealkylation sites (tertiary alicyclic amines) is 1. The summed E-state index contributed by atoms with van der Waals surface area (Å²) in [5.74, 6) is 1.76. The summed E-state index contributed by atoms with van der Waals surface area (Å²) in [6, 6.07) is 0. The quantitative estimate of drug-likeness (QED) is 0.746. The Bertz CT molecular complexity index is 162. The molecule has 2 unspecified atom stereocenters. The predicted molar refractivity (Wildman–Crippen MR) is 62.5 cm³/mol. The van der Waals surface area contributed by atoms with Crippen molar-refractivity contribution < 1.29 is 0 Å². The number of hydrogen-bond donors (Lipinski definition) is 1. The largest absolute Gasteiger partial charge is 0.311 e. The fraction of sp³-hybridized carbons (Fsp3) is 1.00. The van der Waals surface area contributed by atoms with Gasteiger partial charge in [0.15, 0.2) is 0 Å². The molecule has 1 aliphatic rings. The van der Waals surface area contributed by atoms with Crippen LogP contribution in [0.15, 0.2) is 0 Å². The molecule has 2 nitrogen and oxygen atoms in total. The second-order valence-corrected chi connectivity index (χ2v) is 5.89. The first-order valence-corrected chi connectivity index (χ1v) is 5.86. The Morgan fingerprint density at radius 1 is 1.14 bits per heavy atom. The zero-order valence-corrected chi connectivity index (χ0v) is 10.4. The molecular weight excluding hydrogens is 172 g/mol. The van der Waals surface area contributed by atoms with Gasteiger partial charge in [-0.3, -0.25) is 0 Å². The second-order valence-electron chi connectivity index (χ2n) is 5.89. The van der Waals surface area contributed by atoms with E-state index < -0.39 is 0 Å². The van der Waals surface area contributed by atoms with Crippen molar-refractivity contribution in [1.82, 2.24) is 10.2 Å². The number of rotatable bonds is 3. The Labute approximate surface area is 89.1 Å². The van der Waals surface area contributed by atoms with E-state index in [1.54, 1.807) is 0 Å². The Balaban J connectivity index is 2.15. The lowest BCUT2D eigenvalue weighted by atomic mass is 10.0. The van der Waals surface area contributed by atoms with Gasteiger partial charge in [0, 0.05) is 31.7 Å². The molecule has 84 valence electrons. The number of hydrogen-bond acceptors (Lipinski definition) is 2. The highest BCUT2D eigenvalue weighted by atomic mass is 15.2. The third kappa shape index (κ3) is 3.97. The highest BCUT2D eigenvalue weighted by Gasteiger charge is 2.25. The van der Waals surface area contributed by atoms with Crippen LogP contribution in [0, 0.1) is 11.8 Å². The lowest BCUT2D eigenvalue weighted by molar-refractivity contribution is 0.301. The van der Waals surface area contributed by atoms with Crippen molar-refractivity contribution in [2.75, 3.05) is 26.2 Å². The van der Waals surface area contributed by atoms with Crippen molar-refractivity contribution in [3.8, 4) is 0 Å². The van der Waals surface area contributed by atoms with E-state index in [4.69, 9.17) is 0 Å². The molecule has 14 heavy (non-hydrogen) atoms. The van der Waals surface area contributed by atoms with E-state index >= 15 is 0 Å². The van der Waals surface area contributed by atoms with Gasteiger partial charge in [-0.05, 0) is 32.6 Å². The molecule has 1 heterocycles. The van der Waals surface area contributed by atoms with Gasteiger partial charge in [-0.2, -0.15) is 0 Å². The van der Waals surface area contributed by atoms with Crippen LogP contribution in [0.5, 0.6) is 0 Å². The first-order valence-electron chi connectivity index (χ1n) is 5.86. The first kappa shape index (κ1) is 12.0. The van der Waals surface area contributed by atoms with E-state index in [1.165, 1.54) is 19.6 Å². The Morgan fingerprint density at radius 2 is 1.64 bits per heavy atom. The fourth-order valence-corrected chi connectivity index (χ4v) is 2.02. The summed E-state index contributed by atoms with van der Waals surface area (Å²) < 4.78 is 0. The van der Waals surface area contributed by atoms with Crippen molar-refractivity contribution in [2.24, 2.45) is 11.8 Å². The molecule has 1 rings (SSSR count). The molecule has 1 N–H and O–H groups in total. The van der Waals surface area contributed by atoms with Crippen molar-refractivity contribution in [3.63, 3.8) is 0 Å². The Hall–Kier alpha value is -0.0800. The molecule has 0 spiro atoms. The van der Waals surface area contributed by atoms with Crippen molar-refractivity contribution in [2.45, 2.75) is 40.2 Å². The van der Waals surface area contributed by atoms with Crippen LogP contribution in [0.2, 0.25) is 0 Å². The second kappa shape index (κ2) is 4.63. The molecule has 0 amide bonds. The molecule has 0 aliphatic carbocycles. The fourth-order valence-electron chi connectivity index (χ4n) is 2.02. The highest BCUT2D eigenvalue weighted by Crippen LogP contribution is 2.21. The average Bonchev–Trinajstić information content (AvgIpc) is 2.28. The summed E-state index contributed by atoms with van der Waals surface area (Å²) in [7, 11) is 0. The molecule has 0 aromatic carbocycles. The van der Waals surface area contributed by atoms with E-state index in [-0.39, 0.29) is 5.54 Å². The van der Waals surface area contributed by atoms with Crippen LogP contribution in [0.4, 0.5) is 0 Å².